The molecule has 3 nitrogen and oxygen atoms in total. The van der Waals surface area contributed by atoms with Crippen molar-refractivity contribution in [1.29, 1.82) is 0 Å². The van der Waals surface area contributed by atoms with Gasteiger partial charge < -0.3 is 10.2 Å². The molecule has 0 spiro atoms. The van der Waals surface area contributed by atoms with Crippen molar-refractivity contribution in [2.75, 3.05) is 0 Å². The van der Waals surface area contributed by atoms with E-state index in [1.165, 1.54) is 0 Å². The second-order valence-corrected chi connectivity index (χ2v) is 4.87. The summed E-state index contributed by atoms with van der Waals surface area (Å²) in [6.45, 7) is 0. The molecule has 0 atom stereocenters. The fourth-order valence-corrected chi connectivity index (χ4v) is 2.92. The summed E-state index contributed by atoms with van der Waals surface area (Å²) in [4.78, 5) is 12.4. The van der Waals surface area contributed by atoms with Gasteiger partial charge in [-0.3, -0.25) is 4.79 Å². The number of rotatable bonds is 0. The molecule has 20 heavy (non-hydrogen) atoms. The second-order valence-electron chi connectivity index (χ2n) is 4.87. The van der Waals surface area contributed by atoms with Crippen molar-refractivity contribution >= 4 is 16.6 Å². The number of hydrogen-bond acceptors (Lipinski definition) is 3. The van der Waals surface area contributed by atoms with E-state index in [1.807, 2.05) is 6.07 Å². The Balaban J connectivity index is 2.26. The topological polar surface area (TPSA) is 57.5 Å². The van der Waals surface area contributed by atoms with E-state index in [2.05, 4.69) is 0 Å². The van der Waals surface area contributed by atoms with Crippen LogP contribution in [0.25, 0.3) is 21.9 Å². The van der Waals surface area contributed by atoms with Crippen LogP contribution >= 0.6 is 0 Å². The number of carbonyl (C=O) groups is 1. The molecule has 0 unspecified atom stereocenters. The van der Waals surface area contributed by atoms with Crippen LogP contribution in [0.15, 0.2) is 48.5 Å². The molecule has 0 bridgehead atoms. The molecule has 0 radical (unpaired) electrons. The maximum Gasteiger partial charge on any atom is 0.198 e. The molecule has 0 aromatic heterocycles. The Morgan fingerprint density at radius 1 is 0.650 bits per heavy atom. The monoisotopic (exact) mass is 262 g/mol. The second kappa shape index (κ2) is 3.61. The Morgan fingerprint density at radius 2 is 1.15 bits per heavy atom. The van der Waals surface area contributed by atoms with Gasteiger partial charge in [0.1, 0.15) is 11.5 Å². The van der Waals surface area contributed by atoms with E-state index < -0.39 is 0 Å². The highest BCUT2D eigenvalue weighted by Gasteiger charge is 2.33. The zero-order valence-electron chi connectivity index (χ0n) is 10.4. The molecule has 96 valence electrons. The van der Waals surface area contributed by atoms with Gasteiger partial charge in [0.2, 0.25) is 0 Å². The third-order valence-electron chi connectivity index (χ3n) is 3.83. The Bertz CT molecular complexity index is 894. The lowest BCUT2D eigenvalue weighted by atomic mass is 9.97. The van der Waals surface area contributed by atoms with E-state index in [-0.39, 0.29) is 22.8 Å². The predicted molar refractivity (Wildman–Crippen MR) is 76.1 cm³/mol. The smallest absolute Gasteiger partial charge is 0.198 e. The summed E-state index contributed by atoms with van der Waals surface area (Å²) < 4.78 is 0. The van der Waals surface area contributed by atoms with Crippen molar-refractivity contribution in [2.45, 2.75) is 0 Å². The predicted octanol–water partition coefficient (Wildman–Crippen LogP) is 3.46. The lowest BCUT2D eigenvalue weighted by Gasteiger charge is -2.10. The largest absolute Gasteiger partial charge is 0.507 e. The Morgan fingerprint density at radius 3 is 1.80 bits per heavy atom. The highest BCUT2D eigenvalue weighted by molar-refractivity contribution is 6.27. The van der Waals surface area contributed by atoms with Gasteiger partial charge in [-0.05, 0) is 5.56 Å². The average Bonchev–Trinajstić information content (AvgIpc) is 2.79. The van der Waals surface area contributed by atoms with Crippen LogP contribution in [0, 0.1) is 0 Å². The molecule has 0 fully saturated rings. The van der Waals surface area contributed by atoms with Gasteiger partial charge in [0.25, 0.3) is 0 Å². The molecule has 0 heterocycles. The molecule has 3 heteroatoms. The summed E-state index contributed by atoms with van der Waals surface area (Å²) in [5.41, 5.74) is 1.82. The highest BCUT2D eigenvalue weighted by Crippen LogP contribution is 2.50. The van der Waals surface area contributed by atoms with Crippen molar-refractivity contribution in [3.63, 3.8) is 0 Å². The molecule has 3 aromatic rings. The molecule has 0 saturated carbocycles. The summed E-state index contributed by atoms with van der Waals surface area (Å²) in [6, 6.07) is 14.1. The summed E-state index contributed by atoms with van der Waals surface area (Å²) in [5, 5.41) is 21.9. The van der Waals surface area contributed by atoms with E-state index in [4.69, 9.17) is 0 Å². The van der Waals surface area contributed by atoms with Crippen LogP contribution in [0.2, 0.25) is 0 Å². The quantitative estimate of drug-likeness (QED) is 0.477. The molecule has 3 aromatic carbocycles. The number of aromatic hydroxyl groups is 2. The first-order valence-corrected chi connectivity index (χ1v) is 6.31. The number of phenolic OH excluding ortho intramolecular Hbond substituents is 2. The zero-order chi connectivity index (χ0) is 13.9. The van der Waals surface area contributed by atoms with Crippen LogP contribution in [-0.2, 0) is 0 Å². The van der Waals surface area contributed by atoms with Crippen molar-refractivity contribution in [3.05, 3.63) is 59.7 Å². The van der Waals surface area contributed by atoms with Crippen LogP contribution in [0.5, 0.6) is 11.5 Å². The van der Waals surface area contributed by atoms with Crippen molar-refractivity contribution in [2.24, 2.45) is 0 Å². The van der Waals surface area contributed by atoms with Gasteiger partial charge in [0.05, 0.1) is 5.56 Å². The first-order valence-electron chi connectivity index (χ1n) is 6.31. The van der Waals surface area contributed by atoms with Crippen molar-refractivity contribution in [3.8, 4) is 22.6 Å². The number of fused-ring (bicyclic) bond motifs is 4. The van der Waals surface area contributed by atoms with Crippen LogP contribution in [-0.4, -0.2) is 16.0 Å². The van der Waals surface area contributed by atoms with E-state index in [9.17, 15) is 15.0 Å². The fourth-order valence-electron chi connectivity index (χ4n) is 2.92. The summed E-state index contributed by atoms with van der Waals surface area (Å²) >= 11 is 0. The third kappa shape index (κ3) is 1.17. The number of phenols is 2. The van der Waals surface area contributed by atoms with E-state index in [0.717, 1.165) is 0 Å². The number of hydrogen-bond donors (Lipinski definition) is 2. The fraction of sp³-hybridized carbons (Fsp3) is 0. The minimum absolute atomic E-state index is 0.0479. The minimum atomic E-state index is -0.242. The molecule has 1 aliphatic rings. The summed E-state index contributed by atoms with van der Waals surface area (Å²) in [7, 11) is 0. The molecule has 2 N–H and O–H groups in total. The van der Waals surface area contributed by atoms with E-state index in [0.29, 0.717) is 27.5 Å². The Hall–Kier alpha value is -2.81. The van der Waals surface area contributed by atoms with Gasteiger partial charge in [-0.2, -0.15) is 0 Å². The molecular formula is C17H10O3. The highest BCUT2D eigenvalue weighted by atomic mass is 16.3. The first-order chi connectivity index (χ1) is 9.70. The number of ketones is 1. The summed E-state index contributed by atoms with van der Waals surface area (Å²) in [5.74, 6) is -0.254. The van der Waals surface area contributed by atoms with E-state index in [1.54, 1.807) is 42.5 Å². The van der Waals surface area contributed by atoms with Crippen LogP contribution < -0.4 is 0 Å². The molecule has 4 rings (SSSR count). The minimum Gasteiger partial charge on any atom is -0.507 e. The van der Waals surface area contributed by atoms with Crippen LogP contribution in [0.1, 0.15) is 15.9 Å². The lowest BCUT2D eigenvalue weighted by molar-refractivity contribution is 0.104. The normalized spacial score (nSPS) is 12.5. The first kappa shape index (κ1) is 11.1. The number of benzene rings is 3. The average molecular weight is 262 g/mol. The van der Waals surface area contributed by atoms with Crippen LogP contribution in [0.4, 0.5) is 0 Å². The molecule has 1 aliphatic carbocycles. The van der Waals surface area contributed by atoms with Gasteiger partial charge in [-0.25, -0.2) is 0 Å². The molecule has 0 saturated heterocycles. The third-order valence-corrected chi connectivity index (χ3v) is 3.83. The maximum absolute atomic E-state index is 12.4. The van der Waals surface area contributed by atoms with Crippen molar-refractivity contribution in [1.82, 2.24) is 0 Å². The van der Waals surface area contributed by atoms with Gasteiger partial charge in [0, 0.05) is 21.9 Å². The SMILES string of the molecule is O=C1c2ccccc2-c2c1c(O)c1ccccc1c2O. The Kier molecular flexibility index (Phi) is 1.99. The zero-order valence-corrected chi connectivity index (χ0v) is 10.4. The molecule has 0 aliphatic heterocycles. The maximum atomic E-state index is 12.4. The van der Waals surface area contributed by atoms with E-state index >= 15 is 0 Å². The van der Waals surface area contributed by atoms with Gasteiger partial charge >= 0.3 is 0 Å². The lowest BCUT2D eigenvalue weighted by Crippen LogP contribution is -1.96. The van der Waals surface area contributed by atoms with Crippen LogP contribution in [0.3, 0.4) is 0 Å². The van der Waals surface area contributed by atoms with Gasteiger partial charge in [-0.15, -0.1) is 0 Å². The molecule has 0 amide bonds. The van der Waals surface area contributed by atoms with Gasteiger partial charge in [-0.1, -0.05) is 48.5 Å². The van der Waals surface area contributed by atoms with Gasteiger partial charge in [0.15, 0.2) is 5.78 Å². The number of carbonyl (C=O) groups excluding carboxylic acids is 1. The standard InChI is InChI=1S/C17H10O3/c18-15-11-7-3-4-8-12(11)17(20)14-13(15)9-5-1-2-6-10(9)16(14)19/h1-8,18,20H. The molecular weight excluding hydrogens is 252 g/mol. The summed E-state index contributed by atoms with van der Waals surface area (Å²) in [6.07, 6.45) is 0. The van der Waals surface area contributed by atoms with Crippen molar-refractivity contribution < 1.29 is 15.0 Å². The Labute approximate surface area is 114 Å².